The Labute approximate surface area is 105 Å². The average molecular weight is 243 g/mol. The molecule has 18 heavy (non-hydrogen) atoms. The highest BCUT2D eigenvalue weighted by molar-refractivity contribution is 5.93. The fourth-order valence-electron chi connectivity index (χ4n) is 1.37. The van der Waals surface area contributed by atoms with Gasteiger partial charge in [0.05, 0.1) is 12.2 Å². The van der Waals surface area contributed by atoms with E-state index >= 15 is 0 Å². The lowest BCUT2D eigenvalue weighted by Crippen LogP contribution is -2.26. The smallest absolute Gasteiger partial charge is 0.254 e. The highest BCUT2D eigenvalue weighted by Crippen LogP contribution is 1.98. The van der Waals surface area contributed by atoms with Crippen molar-refractivity contribution in [2.75, 3.05) is 6.73 Å². The summed E-state index contributed by atoms with van der Waals surface area (Å²) in [6.07, 6.45) is 6.56. The lowest BCUT2D eigenvalue weighted by Gasteiger charge is -2.06. The van der Waals surface area contributed by atoms with Crippen molar-refractivity contribution in [3.63, 3.8) is 0 Å². The molecule has 0 aliphatic heterocycles. The molecule has 0 radical (unpaired) electrons. The van der Waals surface area contributed by atoms with Crippen LogP contribution in [0, 0.1) is 0 Å². The van der Waals surface area contributed by atoms with E-state index in [1.807, 2.05) is 12.1 Å². The van der Waals surface area contributed by atoms with Gasteiger partial charge < -0.3 is 10.1 Å². The second-order valence-electron chi connectivity index (χ2n) is 3.60. The van der Waals surface area contributed by atoms with Crippen LogP contribution in [0.4, 0.5) is 0 Å². The van der Waals surface area contributed by atoms with Gasteiger partial charge in [0.2, 0.25) is 0 Å². The van der Waals surface area contributed by atoms with Crippen LogP contribution < -0.4 is 5.32 Å². The Kier molecular flexibility index (Phi) is 4.38. The average Bonchev–Trinajstić information content (AvgIpc) is 2.45. The molecule has 0 unspecified atom stereocenters. The summed E-state index contributed by atoms with van der Waals surface area (Å²) in [7, 11) is 0. The van der Waals surface area contributed by atoms with E-state index in [2.05, 4.69) is 15.3 Å². The quantitative estimate of drug-likeness (QED) is 0.636. The lowest BCUT2D eigenvalue weighted by atomic mass is 10.3. The molecule has 0 bridgehead atoms. The Hall–Kier alpha value is -2.27. The van der Waals surface area contributed by atoms with Crippen LogP contribution >= 0.6 is 0 Å². The van der Waals surface area contributed by atoms with Crippen molar-refractivity contribution in [2.45, 2.75) is 6.61 Å². The predicted molar refractivity (Wildman–Crippen MR) is 65.6 cm³/mol. The zero-order valence-electron chi connectivity index (χ0n) is 9.74. The van der Waals surface area contributed by atoms with E-state index in [9.17, 15) is 4.79 Å². The van der Waals surface area contributed by atoms with Crippen LogP contribution in [0.2, 0.25) is 0 Å². The number of ether oxygens (including phenoxy) is 1. The van der Waals surface area contributed by atoms with E-state index in [0.717, 1.165) is 5.56 Å². The number of rotatable bonds is 5. The molecule has 0 saturated heterocycles. The van der Waals surface area contributed by atoms with Gasteiger partial charge in [0.25, 0.3) is 5.91 Å². The van der Waals surface area contributed by atoms with Crippen LogP contribution in [0.3, 0.4) is 0 Å². The summed E-state index contributed by atoms with van der Waals surface area (Å²) in [6, 6.07) is 7.16. The van der Waals surface area contributed by atoms with Crippen molar-refractivity contribution in [2.24, 2.45) is 0 Å². The Morgan fingerprint density at radius 2 is 1.94 bits per heavy atom. The van der Waals surface area contributed by atoms with Crippen LogP contribution in [-0.4, -0.2) is 22.6 Å². The Bertz CT molecular complexity index is 488. The predicted octanol–water partition coefficient (Wildman–Crippen LogP) is 1.38. The van der Waals surface area contributed by atoms with Gasteiger partial charge in [-0.15, -0.1) is 0 Å². The Morgan fingerprint density at radius 3 is 2.61 bits per heavy atom. The third kappa shape index (κ3) is 3.64. The number of nitrogens with one attached hydrogen (secondary N) is 1. The molecule has 2 rings (SSSR count). The number of hydrogen-bond donors (Lipinski definition) is 1. The van der Waals surface area contributed by atoms with Crippen molar-refractivity contribution in [3.05, 3.63) is 60.2 Å². The van der Waals surface area contributed by atoms with E-state index < -0.39 is 0 Å². The molecule has 2 aromatic rings. The first-order valence-corrected chi connectivity index (χ1v) is 5.51. The van der Waals surface area contributed by atoms with Crippen molar-refractivity contribution >= 4 is 5.91 Å². The molecule has 0 spiro atoms. The molecule has 0 aromatic carbocycles. The monoisotopic (exact) mass is 243 g/mol. The van der Waals surface area contributed by atoms with Gasteiger partial charge in [0, 0.05) is 24.8 Å². The van der Waals surface area contributed by atoms with Crippen molar-refractivity contribution in [1.82, 2.24) is 15.3 Å². The maximum atomic E-state index is 11.6. The molecule has 2 heterocycles. The number of amides is 1. The summed E-state index contributed by atoms with van der Waals surface area (Å²) >= 11 is 0. The number of nitrogens with zero attached hydrogens (tertiary/aromatic N) is 2. The van der Waals surface area contributed by atoms with Crippen molar-refractivity contribution in [3.8, 4) is 0 Å². The van der Waals surface area contributed by atoms with Gasteiger partial charge in [-0.1, -0.05) is 6.07 Å². The third-order valence-corrected chi connectivity index (χ3v) is 2.25. The van der Waals surface area contributed by atoms with Crippen LogP contribution in [0.1, 0.15) is 15.9 Å². The van der Waals surface area contributed by atoms with Crippen LogP contribution in [-0.2, 0) is 11.3 Å². The molecule has 0 aliphatic rings. The summed E-state index contributed by atoms with van der Waals surface area (Å²) in [6.45, 7) is 0.573. The number of pyridine rings is 2. The molecule has 5 heteroatoms. The summed E-state index contributed by atoms with van der Waals surface area (Å²) in [5.74, 6) is -0.200. The van der Waals surface area contributed by atoms with Crippen LogP contribution in [0.25, 0.3) is 0 Å². The molecule has 5 nitrogen and oxygen atoms in total. The number of hydrogen-bond acceptors (Lipinski definition) is 4. The summed E-state index contributed by atoms with van der Waals surface area (Å²) in [5, 5.41) is 2.65. The van der Waals surface area contributed by atoms with Crippen LogP contribution in [0.5, 0.6) is 0 Å². The second-order valence-corrected chi connectivity index (χ2v) is 3.60. The SMILES string of the molecule is O=C(NCOCc1cccnc1)c1cccnc1. The largest absolute Gasteiger partial charge is 0.357 e. The first-order chi connectivity index (χ1) is 8.86. The van der Waals surface area contributed by atoms with E-state index in [4.69, 9.17) is 4.74 Å². The van der Waals surface area contributed by atoms with Gasteiger partial charge in [0.1, 0.15) is 6.73 Å². The first kappa shape index (κ1) is 12.2. The zero-order chi connectivity index (χ0) is 12.6. The highest BCUT2D eigenvalue weighted by atomic mass is 16.5. The van der Waals surface area contributed by atoms with Crippen molar-refractivity contribution < 1.29 is 9.53 Å². The third-order valence-electron chi connectivity index (χ3n) is 2.25. The lowest BCUT2D eigenvalue weighted by molar-refractivity contribution is 0.0750. The highest BCUT2D eigenvalue weighted by Gasteiger charge is 2.03. The fraction of sp³-hybridized carbons (Fsp3) is 0.154. The molecule has 1 N–H and O–H groups in total. The number of aromatic nitrogens is 2. The van der Waals surface area contributed by atoms with Gasteiger partial charge in [-0.3, -0.25) is 14.8 Å². The fourth-order valence-corrected chi connectivity index (χ4v) is 1.37. The standard InChI is InChI=1S/C13H13N3O2/c17-13(12-4-2-6-15-8-12)16-10-18-9-11-3-1-5-14-7-11/h1-8H,9-10H2,(H,16,17). The van der Waals surface area contributed by atoms with E-state index in [-0.39, 0.29) is 12.6 Å². The normalized spacial score (nSPS) is 10.0. The molecule has 0 aliphatic carbocycles. The maximum absolute atomic E-state index is 11.6. The van der Waals surface area contributed by atoms with Gasteiger partial charge in [0.15, 0.2) is 0 Å². The van der Waals surface area contributed by atoms with Gasteiger partial charge in [-0.05, 0) is 23.8 Å². The van der Waals surface area contributed by atoms with Gasteiger partial charge >= 0.3 is 0 Å². The Morgan fingerprint density at radius 1 is 1.17 bits per heavy atom. The molecule has 1 amide bonds. The maximum Gasteiger partial charge on any atom is 0.254 e. The number of carbonyl (C=O) groups excluding carboxylic acids is 1. The molecule has 0 fully saturated rings. The summed E-state index contributed by atoms with van der Waals surface area (Å²) in [5.41, 5.74) is 1.48. The minimum absolute atomic E-state index is 0.155. The van der Waals surface area contributed by atoms with Crippen molar-refractivity contribution in [1.29, 1.82) is 0 Å². The molecule has 2 aromatic heterocycles. The summed E-state index contributed by atoms with van der Waals surface area (Å²) < 4.78 is 5.32. The molecular formula is C13H13N3O2. The zero-order valence-corrected chi connectivity index (χ0v) is 9.74. The van der Waals surface area contributed by atoms with E-state index in [1.165, 1.54) is 6.20 Å². The topological polar surface area (TPSA) is 64.1 Å². The number of carbonyl (C=O) groups is 1. The molecule has 0 atom stereocenters. The second kappa shape index (κ2) is 6.46. The summed E-state index contributed by atoms with van der Waals surface area (Å²) in [4.78, 5) is 19.5. The molecule has 92 valence electrons. The minimum atomic E-state index is -0.200. The van der Waals surface area contributed by atoms with E-state index in [0.29, 0.717) is 12.2 Å². The molecular weight excluding hydrogens is 230 g/mol. The minimum Gasteiger partial charge on any atom is -0.357 e. The Balaban J connectivity index is 1.72. The van der Waals surface area contributed by atoms with E-state index in [1.54, 1.807) is 30.7 Å². The van der Waals surface area contributed by atoms with Crippen LogP contribution in [0.15, 0.2) is 49.1 Å². The van der Waals surface area contributed by atoms with Gasteiger partial charge in [-0.2, -0.15) is 0 Å². The first-order valence-electron chi connectivity index (χ1n) is 5.51. The van der Waals surface area contributed by atoms with Gasteiger partial charge in [-0.25, -0.2) is 0 Å². The molecule has 0 saturated carbocycles.